The van der Waals surface area contributed by atoms with Crippen molar-refractivity contribution in [1.29, 1.82) is 0 Å². The number of aliphatic imine (C=N–C) groups is 1. The van der Waals surface area contributed by atoms with Crippen LogP contribution in [0.5, 0.6) is 0 Å². The van der Waals surface area contributed by atoms with Crippen molar-refractivity contribution >= 4 is 17.7 Å². The largest absolute Gasteiger partial charge is 0.355 e. The topological polar surface area (TPSA) is 67.1 Å². The van der Waals surface area contributed by atoms with E-state index in [1.807, 2.05) is 30.3 Å². The Labute approximate surface area is 171 Å². The molecule has 2 aromatic rings. The lowest BCUT2D eigenvalue weighted by Crippen LogP contribution is -2.45. The second-order valence-electron chi connectivity index (χ2n) is 7.96. The van der Waals surface area contributed by atoms with E-state index in [2.05, 4.69) is 51.2 Å². The van der Waals surface area contributed by atoms with E-state index in [9.17, 15) is 0 Å². The van der Waals surface area contributed by atoms with E-state index in [1.54, 1.807) is 0 Å². The van der Waals surface area contributed by atoms with Crippen molar-refractivity contribution in [2.24, 2.45) is 12.0 Å². The van der Waals surface area contributed by atoms with Gasteiger partial charge in [0.15, 0.2) is 11.8 Å². The number of nitrogens with zero attached hydrogens (tertiary/aromatic N) is 4. The van der Waals surface area contributed by atoms with Crippen molar-refractivity contribution in [2.45, 2.75) is 67.7 Å². The van der Waals surface area contributed by atoms with Gasteiger partial charge in [0.1, 0.15) is 12.4 Å². The first kappa shape index (κ1) is 19.3. The first-order valence-corrected chi connectivity index (χ1v) is 11.1. The first-order valence-electron chi connectivity index (χ1n) is 10.3. The minimum absolute atomic E-state index is 0.293. The predicted octanol–water partition coefficient (Wildman–Crippen LogP) is 3.43. The van der Waals surface area contributed by atoms with Crippen molar-refractivity contribution in [1.82, 2.24) is 25.4 Å². The average Bonchev–Trinajstić information content (AvgIpc) is 3.12. The Hall–Kier alpha value is -2.02. The van der Waals surface area contributed by atoms with Crippen LogP contribution in [-0.4, -0.2) is 38.1 Å². The van der Waals surface area contributed by atoms with Crippen LogP contribution in [0.4, 0.5) is 0 Å². The van der Waals surface area contributed by atoms with E-state index in [4.69, 9.17) is 4.99 Å². The van der Waals surface area contributed by atoms with Gasteiger partial charge in [0.25, 0.3) is 0 Å². The molecule has 0 aliphatic heterocycles. The van der Waals surface area contributed by atoms with Crippen molar-refractivity contribution < 1.29 is 0 Å². The van der Waals surface area contributed by atoms with Crippen LogP contribution in [0.15, 0.2) is 40.2 Å². The van der Waals surface area contributed by atoms with Crippen LogP contribution in [0.3, 0.4) is 0 Å². The molecule has 0 spiro atoms. The van der Waals surface area contributed by atoms with Crippen LogP contribution in [0.25, 0.3) is 0 Å². The minimum Gasteiger partial charge on any atom is -0.355 e. The van der Waals surface area contributed by atoms with Crippen molar-refractivity contribution in [2.75, 3.05) is 6.54 Å². The summed E-state index contributed by atoms with van der Waals surface area (Å²) in [5.41, 5.74) is 0. The highest BCUT2D eigenvalue weighted by molar-refractivity contribution is 8.01. The fourth-order valence-electron chi connectivity index (χ4n) is 3.59. The van der Waals surface area contributed by atoms with Gasteiger partial charge in [-0.25, -0.2) is 4.99 Å². The molecular weight excluding hydrogens is 368 g/mol. The van der Waals surface area contributed by atoms with E-state index >= 15 is 0 Å². The fourth-order valence-corrected chi connectivity index (χ4v) is 4.84. The number of nitrogens with one attached hydrogen (secondary N) is 2. The highest BCUT2D eigenvalue weighted by atomic mass is 32.2. The minimum atomic E-state index is 0.293. The normalized spacial score (nSPS) is 19.0. The summed E-state index contributed by atoms with van der Waals surface area (Å²) in [5, 5.41) is 15.7. The highest BCUT2D eigenvalue weighted by Crippen LogP contribution is 2.51. The number of thioether (sulfide) groups is 1. The Kier molecular flexibility index (Phi) is 5.90. The molecule has 4 rings (SSSR count). The Morgan fingerprint density at radius 3 is 2.61 bits per heavy atom. The number of hydrogen-bond acceptors (Lipinski definition) is 4. The van der Waals surface area contributed by atoms with E-state index in [0.717, 1.165) is 24.2 Å². The maximum absolute atomic E-state index is 4.83. The van der Waals surface area contributed by atoms with Gasteiger partial charge in [-0.3, -0.25) is 0 Å². The summed E-state index contributed by atoms with van der Waals surface area (Å²) >= 11 is 1.99. The molecule has 150 valence electrons. The molecule has 1 aromatic carbocycles. The predicted molar refractivity (Wildman–Crippen MR) is 115 cm³/mol. The lowest BCUT2D eigenvalue weighted by Gasteiger charge is -2.21. The van der Waals surface area contributed by atoms with Crippen LogP contribution < -0.4 is 10.6 Å². The number of aryl methyl sites for hydroxylation is 1. The molecule has 2 N–H and O–H groups in total. The molecule has 0 bridgehead atoms. The van der Waals surface area contributed by atoms with Gasteiger partial charge in [-0.15, -0.1) is 22.0 Å². The molecular formula is C21H30N6S. The molecule has 1 heterocycles. The molecule has 0 radical (unpaired) electrons. The van der Waals surface area contributed by atoms with Crippen molar-refractivity contribution in [3.8, 4) is 0 Å². The van der Waals surface area contributed by atoms with Gasteiger partial charge in [0, 0.05) is 29.3 Å². The van der Waals surface area contributed by atoms with Crippen LogP contribution in [0, 0.1) is 6.92 Å². The number of rotatable bonds is 7. The molecule has 2 fully saturated rings. The Morgan fingerprint density at radius 2 is 1.96 bits per heavy atom. The van der Waals surface area contributed by atoms with E-state index < -0.39 is 0 Å². The van der Waals surface area contributed by atoms with E-state index in [-0.39, 0.29) is 0 Å². The molecule has 2 aliphatic carbocycles. The monoisotopic (exact) mass is 398 g/mol. The van der Waals surface area contributed by atoms with E-state index in [1.165, 1.54) is 43.4 Å². The zero-order valence-corrected chi connectivity index (χ0v) is 17.6. The molecule has 6 nitrogen and oxygen atoms in total. The van der Waals surface area contributed by atoms with Gasteiger partial charge >= 0.3 is 0 Å². The molecule has 0 saturated heterocycles. The summed E-state index contributed by atoms with van der Waals surface area (Å²) in [6.45, 7) is 3.44. The number of aromatic nitrogens is 3. The van der Waals surface area contributed by atoms with Crippen molar-refractivity contribution in [3.63, 3.8) is 0 Å². The van der Waals surface area contributed by atoms with Gasteiger partial charge in [-0.2, -0.15) is 0 Å². The smallest absolute Gasteiger partial charge is 0.191 e. The lowest BCUT2D eigenvalue weighted by molar-refractivity contribution is 0.608. The molecule has 1 aromatic heterocycles. The van der Waals surface area contributed by atoms with E-state index in [0.29, 0.717) is 17.3 Å². The molecule has 2 saturated carbocycles. The van der Waals surface area contributed by atoms with Gasteiger partial charge < -0.3 is 15.2 Å². The van der Waals surface area contributed by atoms with Crippen LogP contribution >= 0.6 is 11.8 Å². The molecule has 28 heavy (non-hydrogen) atoms. The second-order valence-corrected chi connectivity index (χ2v) is 9.51. The third-order valence-corrected chi connectivity index (χ3v) is 7.21. The van der Waals surface area contributed by atoms with Gasteiger partial charge in [-0.05, 0) is 44.7 Å². The lowest BCUT2D eigenvalue weighted by atomic mass is 10.2. The van der Waals surface area contributed by atoms with Crippen LogP contribution in [-0.2, 0) is 13.6 Å². The fraction of sp³-hybridized carbons (Fsp3) is 0.571. The third kappa shape index (κ3) is 4.87. The second kappa shape index (κ2) is 8.55. The summed E-state index contributed by atoms with van der Waals surface area (Å²) in [5.74, 6) is 2.72. The maximum Gasteiger partial charge on any atom is 0.191 e. The first-order chi connectivity index (χ1) is 13.6. The molecule has 0 amide bonds. The van der Waals surface area contributed by atoms with Crippen molar-refractivity contribution in [3.05, 3.63) is 42.0 Å². The number of benzene rings is 1. The Morgan fingerprint density at radius 1 is 1.21 bits per heavy atom. The summed E-state index contributed by atoms with van der Waals surface area (Å²) < 4.78 is 2.30. The third-order valence-electron chi connectivity index (χ3n) is 5.72. The highest BCUT2D eigenvalue weighted by Gasteiger charge is 2.43. The average molecular weight is 399 g/mol. The maximum atomic E-state index is 4.83. The molecule has 0 unspecified atom stereocenters. The standard InChI is InChI=1S/C21H30N6S/c1-16-25-26-19(27(16)2)14-22-20(24-17-8-6-7-9-17)23-15-21(12-13-21)28-18-10-4-3-5-11-18/h3-5,10-11,17H,6-9,12-15H2,1-2H3,(H2,22,23,24). The van der Waals surface area contributed by atoms with Crippen LogP contribution in [0.1, 0.15) is 50.2 Å². The van der Waals surface area contributed by atoms with Gasteiger partial charge in [0.05, 0.1) is 0 Å². The Balaban J connectivity index is 1.40. The zero-order chi connectivity index (χ0) is 19.4. The van der Waals surface area contributed by atoms with Gasteiger partial charge in [-0.1, -0.05) is 31.0 Å². The molecule has 0 atom stereocenters. The molecule has 2 aliphatic rings. The summed E-state index contributed by atoms with van der Waals surface area (Å²) in [6, 6.07) is 11.2. The van der Waals surface area contributed by atoms with Gasteiger partial charge in [0.2, 0.25) is 0 Å². The number of hydrogen-bond donors (Lipinski definition) is 2. The summed E-state index contributed by atoms with van der Waals surface area (Å²) in [7, 11) is 1.99. The summed E-state index contributed by atoms with van der Waals surface area (Å²) in [6.07, 6.45) is 7.57. The molecule has 7 heteroatoms. The summed E-state index contributed by atoms with van der Waals surface area (Å²) in [4.78, 5) is 6.18. The zero-order valence-electron chi connectivity index (χ0n) is 16.8. The number of guanidine groups is 1. The van der Waals surface area contributed by atoms with Crippen LogP contribution in [0.2, 0.25) is 0 Å². The Bertz CT molecular complexity index is 806. The SMILES string of the molecule is Cc1nnc(CN=C(NCC2(Sc3ccccc3)CC2)NC2CCCC2)n1C. The quantitative estimate of drug-likeness (QED) is 0.552.